The Kier molecular flexibility index (Phi) is 8.48. The summed E-state index contributed by atoms with van der Waals surface area (Å²) in [6.07, 6.45) is 1.84. The molecule has 1 fully saturated rings. The van der Waals surface area contributed by atoms with Crippen LogP contribution in [0.4, 0.5) is 0 Å². The zero-order chi connectivity index (χ0) is 18.2. The van der Waals surface area contributed by atoms with Gasteiger partial charge in [-0.3, -0.25) is 9.79 Å². The Morgan fingerprint density at radius 2 is 2.08 bits per heavy atom. The summed E-state index contributed by atoms with van der Waals surface area (Å²) in [7, 11) is 1.81. The van der Waals surface area contributed by atoms with Crippen LogP contribution in [0, 0.1) is 5.92 Å². The first-order chi connectivity index (χ1) is 11.2. The number of nitrogens with zero attached hydrogens (tertiary/aromatic N) is 2. The van der Waals surface area contributed by atoms with Gasteiger partial charge in [0, 0.05) is 25.7 Å². The highest BCUT2D eigenvalue weighted by Gasteiger charge is 2.21. The molecule has 7 heteroatoms. The van der Waals surface area contributed by atoms with Gasteiger partial charge in [-0.05, 0) is 46.5 Å². The van der Waals surface area contributed by atoms with E-state index in [2.05, 4.69) is 15.6 Å². The van der Waals surface area contributed by atoms with Gasteiger partial charge in [0.15, 0.2) is 5.96 Å². The Morgan fingerprint density at radius 1 is 1.42 bits per heavy atom. The van der Waals surface area contributed by atoms with E-state index in [1.807, 2.05) is 27.7 Å². The molecule has 0 heterocycles. The molecular formula is C17H34N4O3. The Bertz CT molecular complexity index is 417. The molecule has 3 N–H and O–H groups in total. The van der Waals surface area contributed by atoms with Gasteiger partial charge in [-0.15, -0.1) is 0 Å². The number of aliphatic hydroxyl groups is 1. The lowest BCUT2D eigenvalue weighted by atomic mass is 10.1. The number of aliphatic imine (C=N–C) groups is 1. The first-order valence-electron chi connectivity index (χ1n) is 8.77. The van der Waals surface area contributed by atoms with Gasteiger partial charge in [0.05, 0.1) is 25.8 Å². The van der Waals surface area contributed by atoms with E-state index in [-0.39, 0.29) is 24.5 Å². The molecule has 140 valence electrons. The van der Waals surface area contributed by atoms with Gasteiger partial charge in [0.25, 0.3) is 0 Å². The minimum Gasteiger partial charge on any atom is -0.389 e. The smallest absolute Gasteiger partial charge is 0.240 e. The average Bonchev–Trinajstić information content (AvgIpc) is 3.25. The van der Waals surface area contributed by atoms with Crippen LogP contribution in [-0.2, 0) is 9.53 Å². The molecule has 0 aromatic heterocycles. The Labute approximate surface area is 145 Å². The highest BCUT2D eigenvalue weighted by molar-refractivity contribution is 5.86. The van der Waals surface area contributed by atoms with Gasteiger partial charge >= 0.3 is 0 Å². The number of likely N-dealkylation sites (N-methyl/N-ethyl adjacent to an activating group) is 1. The number of ether oxygens (including phenoxy) is 1. The lowest BCUT2D eigenvalue weighted by Gasteiger charge is -2.25. The molecule has 7 nitrogen and oxygen atoms in total. The van der Waals surface area contributed by atoms with Crippen LogP contribution in [0.15, 0.2) is 4.99 Å². The maximum atomic E-state index is 12.0. The van der Waals surface area contributed by atoms with Gasteiger partial charge in [0.2, 0.25) is 5.91 Å². The van der Waals surface area contributed by atoms with Crippen molar-refractivity contribution in [2.75, 3.05) is 39.9 Å². The van der Waals surface area contributed by atoms with Crippen molar-refractivity contribution in [2.45, 2.75) is 52.2 Å². The van der Waals surface area contributed by atoms with Crippen LogP contribution < -0.4 is 10.6 Å². The lowest BCUT2D eigenvalue weighted by molar-refractivity contribution is -0.122. The molecule has 0 spiro atoms. The number of carbonyl (C=O) groups excluding carboxylic acids is 1. The van der Waals surface area contributed by atoms with Crippen molar-refractivity contribution < 1.29 is 14.6 Å². The number of aliphatic hydroxyl groups excluding tert-OH is 1. The number of rotatable bonds is 9. The van der Waals surface area contributed by atoms with Crippen LogP contribution >= 0.6 is 0 Å². The van der Waals surface area contributed by atoms with E-state index in [9.17, 15) is 9.90 Å². The van der Waals surface area contributed by atoms with E-state index < -0.39 is 6.10 Å². The number of amides is 1. The fourth-order valence-corrected chi connectivity index (χ4v) is 2.12. The molecule has 24 heavy (non-hydrogen) atoms. The standard InChI is InChI=1S/C17H34N4O3/c1-6-18-16(21(5)10-15(23)20-17(2,3)4)19-9-14(22)12-24-11-13-7-8-13/h13-14,22H,6-12H2,1-5H3,(H,18,19)(H,20,23). The van der Waals surface area contributed by atoms with Crippen LogP contribution in [0.5, 0.6) is 0 Å². The average molecular weight is 342 g/mol. The van der Waals surface area contributed by atoms with E-state index in [0.29, 0.717) is 25.0 Å². The molecule has 0 saturated heterocycles. The Hall–Kier alpha value is -1.34. The number of hydrogen-bond acceptors (Lipinski definition) is 4. The molecule has 1 aliphatic carbocycles. The molecule has 1 rings (SSSR count). The summed E-state index contributed by atoms with van der Waals surface area (Å²) in [5.74, 6) is 1.22. The molecule has 1 atom stereocenters. The second-order valence-electron chi connectivity index (χ2n) is 7.48. The molecule has 1 unspecified atom stereocenters. The zero-order valence-corrected chi connectivity index (χ0v) is 15.8. The summed E-state index contributed by atoms with van der Waals surface area (Å²) in [6, 6.07) is 0. The van der Waals surface area contributed by atoms with Crippen molar-refractivity contribution in [3.63, 3.8) is 0 Å². The maximum Gasteiger partial charge on any atom is 0.240 e. The molecule has 1 amide bonds. The number of carbonyl (C=O) groups is 1. The number of guanidine groups is 1. The number of hydrogen-bond donors (Lipinski definition) is 3. The van der Waals surface area contributed by atoms with Crippen LogP contribution in [0.3, 0.4) is 0 Å². The lowest BCUT2D eigenvalue weighted by Crippen LogP contribution is -2.49. The highest BCUT2D eigenvalue weighted by atomic mass is 16.5. The summed E-state index contributed by atoms with van der Waals surface area (Å²) in [6.45, 7) is 9.98. The van der Waals surface area contributed by atoms with Crippen LogP contribution in [-0.4, -0.2) is 73.4 Å². The molecule has 0 bridgehead atoms. The van der Waals surface area contributed by atoms with Crippen molar-refractivity contribution in [1.82, 2.24) is 15.5 Å². The summed E-state index contributed by atoms with van der Waals surface area (Å²) < 4.78 is 5.47. The molecule has 1 saturated carbocycles. The van der Waals surface area contributed by atoms with E-state index in [4.69, 9.17) is 4.74 Å². The topological polar surface area (TPSA) is 86.2 Å². The maximum absolute atomic E-state index is 12.0. The quantitative estimate of drug-likeness (QED) is 0.422. The normalized spacial score (nSPS) is 16.7. The van der Waals surface area contributed by atoms with Crippen LogP contribution in [0.1, 0.15) is 40.5 Å². The SMILES string of the molecule is CCNC(=NCC(O)COCC1CC1)N(C)CC(=O)NC(C)(C)C. The molecule has 0 radical (unpaired) electrons. The van der Waals surface area contributed by atoms with Crippen molar-refractivity contribution in [1.29, 1.82) is 0 Å². The molecule has 0 aromatic rings. The molecule has 1 aliphatic rings. The van der Waals surface area contributed by atoms with Gasteiger partial charge in [-0.1, -0.05) is 0 Å². The molecule has 0 aliphatic heterocycles. The second-order valence-corrected chi connectivity index (χ2v) is 7.48. The van der Waals surface area contributed by atoms with Crippen molar-refractivity contribution >= 4 is 11.9 Å². The van der Waals surface area contributed by atoms with Gasteiger partial charge in [-0.25, -0.2) is 0 Å². The van der Waals surface area contributed by atoms with Crippen LogP contribution in [0.2, 0.25) is 0 Å². The summed E-state index contributed by atoms with van der Waals surface area (Å²) >= 11 is 0. The minimum absolute atomic E-state index is 0.0658. The first kappa shape index (κ1) is 20.7. The van der Waals surface area contributed by atoms with E-state index in [0.717, 1.165) is 6.61 Å². The third-order valence-electron chi connectivity index (χ3n) is 3.40. The van der Waals surface area contributed by atoms with Gasteiger partial charge in [-0.2, -0.15) is 0 Å². The monoisotopic (exact) mass is 342 g/mol. The third-order valence-corrected chi connectivity index (χ3v) is 3.40. The predicted octanol–water partition coefficient (Wildman–Crippen LogP) is 0.586. The Balaban J connectivity index is 2.42. The Morgan fingerprint density at radius 3 is 2.62 bits per heavy atom. The third kappa shape index (κ3) is 9.72. The van der Waals surface area contributed by atoms with Gasteiger partial charge in [0.1, 0.15) is 0 Å². The fourth-order valence-electron chi connectivity index (χ4n) is 2.12. The predicted molar refractivity (Wildman–Crippen MR) is 96.1 cm³/mol. The molecular weight excluding hydrogens is 308 g/mol. The zero-order valence-electron chi connectivity index (χ0n) is 15.8. The van der Waals surface area contributed by atoms with Gasteiger partial charge < -0.3 is 25.4 Å². The summed E-state index contributed by atoms with van der Waals surface area (Å²) in [5.41, 5.74) is -0.261. The number of nitrogens with one attached hydrogen (secondary N) is 2. The second kappa shape index (κ2) is 9.84. The molecule has 0 aromatic carbocycles. The minimum atomic E-state index is -0.630. The van der Waals surface area contributed by atoms with E-state index >= 15 is 0 Å². The summed E-state index contributed by atoms with van der Waals surface area (Å²) in [5, 5.41) is 16.0. The summed E-state index contributed by atoms with van der Waals surface area (Å²) in [4.78, 5) is 18.2. The van der Waals surface area contributed by atoms with Crippen molar-refractivity contribution in [3.05, 3.63) is 0 Å². The fraction of sp³-hybridized carbons (Fsp3) is 0.882. The highest BCUT2D eigenvalue weighted by Crippen LogP contribution is 2.28. The van der Waals surface area contributed by atoms with Crippen molar-refractivity contribution in [3.8, 4) is 0 Å². The van der Waals surface area contributed by atoms with Crippen molar-refractivity contribution in [2.24, 2.45) is 10.9 Å². The first-order valence-corrected chi connectivity index (χ1v) is 8.77. The van der Waals surface area contributed by atoms with E-state index in [1.165, 1.54) is 12.8 Å². The van der Waals surface area contributed by atoms with Crippen LogP contribution in [0.25, 0.3) is 0 Å². The van der Waals surface area contributed by atoms with E-state index in [1.54, 1.807) is 11.9 Å². The largest absolute Gasteiger partial charge is 0.389 e.